The number of hydrogen-bond donors (Lipinski definition) is 0. The van der Waals surface area contributed by atoms with E-state index in [-0.39, 0.29) is 5.31 Å². The molecule has 0 spiro atoms. The predicted molar refractivity (Wildman–Crippen MR) is 99.0 cm³/mol. The number of hydrogen-bond acceptors (Lipinski definition) is 0. The topological polar surface area (TPSA) is 0 Å². The molecule has 2 fully saturated rings. The van der Waals surface area contributed by atoms with Crippen LogP contribution in [0, 0.1) is 5.92 Å². The van der Waals surface area contributed by atoms with Crippen LogP contribution in [0.5, 0.6) is 0 Å². The van der Waals surface area contributed by atoms with Gasteiger partial charge in [-0.1, -0.05) is 105 Å². The van der Waals surface area contributed by atoms with Crippen LogP contribution in [0.2, 0.25) is 5.31 Å². The van der Waals surface area contributed by atoms with Crippen molar-refractivity contribution in [3.05, 3.63) is 0 Å². The maximum atomic E-state index is 6.77. The number of rotatable bonds is 1. The minimum atomic E-state index is 0.0522. The van der Waals surface area contributed by atoms with Crippen molar-refractivity contribution in [3.8, 4) is 0 Å². The van der Waals surface area contributed by atoms with Crippen LogP contribution in [-0.4, -0.2) is 11.3 Å². The van der Waals surface area contributed by atoms with E-state index in [1.807, 2.05) is 0 Å². The third kappa shape index (κ3) is 4.17. The normalized spacial score (nSPS) is 39.1. The maximum absolute atomic E-state index is 6.77. The van der Waals surface area contributed by atoms with Gasteiger partial charge in [0.25, 0.3) is 0 Å². The minimum absolute atomic E-state index is 0.0522. The van der Waals surface area contributed by atoms with Crippen LogP contribution >= 0.6 is 22.6 Å². The lowest BCUT2D eigenvalue weighted by atomic mass is 9.51. The lowest BCUT2D eigenvalue weighted by Crippen LogP contribution is -2.45. The minimum Gasteiger partial charge on any atom is -0.0788 e. The molecule has 0 aliphatic heterocycles. The summed E-state index contributed by atoms with van der Waals surface area (Å²) >= 11 is 2.79. The molecular formula is C18H32BI. The fourth-order valence-corrected chi connectivity index (χ4v) is 5.76. The number of halogens is 1. The first-order chi connectivity index (χ1) is 9.56. The highest BCUT2D eigenvalue weighted by Gasteiger charge is 2.48. The zero-order valence-electron chi connectivity index (χ0n) is 13.4. The van der Waals surface area contributed by atoms with Crippen LogP contribution in [0.1, 0.15) is 96.8 Å². The second kappa shape index (κ2) is 7.88. The van der Waals surface area contributed by atoms with E-state index < -0.39 is 0 Å². The Morgan fingerprint density at radius 1 is 0.750 bits per heavy atom. The first kappa shape index (κ1) is 17.2. The summed E-state index contributed by atoms with van der Waals surface area (Å²) in [5.74, 6) is 0.858. The lowest BCUT2D eigenvalue weighted by molar-refractivity contribution is 0.215. The Morgan fingerprint density at radius 2 is 1.20 bits per heavy atom. The van der Waals surface area contributed by atoms with Crippen LogP contribution in [-0.2, 0) is 0 Å². The first-order valence-electron chi connectivity index (χ1n) is 9.04. The van der Waals surface area contributed by atoms with E-state index in [2.05, 4.69) is 29.5 Å². The molecule has 2 heteroatoms. The van der Waals surface area contributed by atoms with Crippen LogP contribution in [0.3, 0.4) is 0 Å². The summed E-state index contributed by atoms with van der Waals surface area (Å²) in [4.78, 5) is 0. The van der Waals surface area contributed by atoms with Gasteiger partial charge in [0.15, 0.2) is 0 Å². The van der Waals surface area contributed by atoms with Gasteiger partial charge in [-0.3, -0.25) is 0 Å². The largest absolute Gasteiger partial charge is 0.0788 e. The molecule has 0 N–H and O–H groups in total. The van der Waals surface area contributed by atoms with Gasteiger partial charge in [-0.05, 0) is 25.2 Å². The standard InChI is InChI=1S/C18H32BI/c1-17(19)14-10-11-15-18(17,20)16-12-8-6-4-2-3-5-7-9-13-16/h16H,2-15H2,1H3/t17-,18-/m0/s1. The molecule has 0 amide bonds. The van der Waals surface area contributed by atoms with Gasteiger partial charge in [0, 0.05) is 3.42 Å². The van der Waals surface area contributed by atoms with Crippen molar-refractivity contribution >= 4 is 30.4 Å². The van der Waals surface area contributed by atoms with Gasteiger partial charge in [-0.2, -0.15) is 0 Å². The van der Waals surface area contributed by atoms with Crippen LogP contribution in [0.25, 0.3) is 0 Å². The third-order valence-electron chi connectivity index (χ3n) is 5.94. The van der Waals surface area contributed by atoms with Crippen LogP contribution in [0.15, 0.2) is 0 Å². The molecule has 114 valence electrons. The van der Waals surface area contributed by atoms with Gasteiger partial charge in [0.1, 0.15) is 0 Å². The van der Waals surface area contributed by atoms with Crippen molar-refractivity contribution in [2.75, 3.05) is 0 Å². The van der Waals surface area contributed by atoms with E-state index in [4.69, 9.17) is 7.85 Å². The quantitative estimate of drug-likeness (QED) is 0.270. The molecule has 0 nitrogen and oxygen atoms in total. The number of alkyl halides is 1. The highest BCUT2D eigenvalue weighted by atomic mass is 127. The summed E-state index contributed by atoms with van der Waals surface area (Å²) in [5.41, 5.74) is 0. The molecule has 0 bridgehead atoms. The first-order valence-corrected chi connectivity index (χ1v) is 10.1. The average molecular weight is 386 g/mol. The maximum Gasteiger partial charge on any atom is 0.0760 e. The van der Waals surface area contributed by atoms with Crippen molar-refractivity contribution in [1.29, 1.82) is 0 Å². The van der Waals surface area contributed by atoms with Crippen molar-refractivity contribution in [3.63, 3.8) is 0 Å². The second-order valence-electron chi connectivity index (χ2n) is 7.59. The van der Waals surface area contributed by atoms with E-state index in [1.165, 1.54) is 89.9 Å². The van der Waals surface area contributed by atoms with Gasteiger partial charge in [0.05, 0.1) is 7.85 Å². The molecule has 20 heavy (non-hydrogen) atoms. The Morgan fingerprint density at radius 3 is 1.70 bits per heavy atom. The highest BCUT2D eigenvalue weighted by molar-refractivity contribution is 14.1. The Balaban J connectivity index is 2.04. The van der Waals surface area contributed by atoms with Crippen molar-refractivity contribution in [1.82, 2.24) is 0 Å². The smallest absolute Gasteiger partial charge is 0.0760 e. The fraction of sp³-hybridized carbons (Fsp3) is 1.00. The van der Waals surface area contributed by atoms with Gasteiger partial charge in [0.2, 0.25) is 0 Å². The summed E-state index contributed by atoms with van der Waals surface area (Å²) in [7, 11) is 6.77. The van der Waals surface area contributed by atoms with E-state index in [0.29, 0.717) is 3.42 Å². The zero-order chi connectivity index (χ0) is 14.5. The monoisotopic (exact) mass is 386 g/mol. The summed E-state index contributed by atoms with van der Waals surface area (Å²) in [6, 6.07) is 0. The molecule has 2 radical (unpaired) electrons. The molecular weight excluding hydrogens is 354 g/mol. The van der Waals surface area contributed by atoms with Crippen LogP contribution < -0.4 is 0 Å². The molecule has 2 aliphatic rings. The van der Waals surface area contributed by atoms with Crippen molar-refractivity contribution in [2.45, 2.75) is 106 Å². The molecule has 0 saturated heterocycles. The zero-order valence-corrected chi connectivity index (χ0v) is 15.6. The predicted octanol–water partition coefficient (Wildman–Crippen LogP) is 6.61. The van der Waals surface area contributed by atoms with Crippen molar-refractivity contribution in [2.24, 2.45) is 5.92 Å². The van der Waals surface area contributed by atoms with E-state index in [9.17, 15) is 0 Å². The van der Waals surface area contributed by atoms with Gasteiger partial charge >= 0.3 is 0 Å². The Labute approximate surface area is 141 Å². The molecule has 2 rings (SSSR count). The molecule has 0 aromatic carbocycles. The Hall–Kier alpha value is 0.795. The van der Waals surface area contributed by atoms with Crippen LogP contribution in [0.4, 0.5) is 0 Å². The Kier molecular flexibility index (Phi) is 6.76. The van der Waals surface area contributed by atoms with Gasteiger partial charge < -0.3 is 0 Å². The van der Waals surface area contributed by atoms with E-state index in [1.54, 1.807) is 0 Å². The molecule has 2 aliphatic carbocycles. The average Bonchev–Trinajstić information content (AvgIpc) is 2.47. The van der Waals surface area contributed by atoms with E-state index >= 15 is 0 Å². The second-order valence-corrected chi connectivity index (χ2v) is 9.51. The Bertz CT molecular complexity index is 277. The summed E-state index contributed by atoms with van der Waals surface area (Å²) < 4.78 is 0.358. The van der Waals surface area contributed by atoms with Gasteiger partial charge in [-0.15, -0.1) is 0 Å². The van der Waals surface area contributed by atoms with E-state index in [0.717, 1.165) is 5.92 Å². The lowest BCUT2D eigenvalue weighted by Gasteiger charge is -2.52. The molecule has 0 heterocycles. The molecule has 0 unspecified atom stereocenters. The molecule has 2 atom stereocenters. The van der Waals surface area contributed by atoms with Gasteiger partial charge in [-0.25, -0.2) is 0 Å². The third-order valence-corrected chi connectivity index (χ3v) is 8.59. The molecule has 2 saturated carbocycles. The molecule has 0 aromatic heterocycles. The van der Waals surface area contributed by atoms with Crippen molar-refractivity contribution < 1.29 is 0 Å². The summed E-state index contributed by atoms with van der Waals surface area (Å²) in [6.07, 6.45) is 19.8. The molecule has 0 aromatic rings. The fourth-order valence-electron chi connectivity index (χ4n) is 4.48. The SMILES string of the molecule is [B][C@@]1(C)CCCC[C@]1(I)C1CCCCCCCCCC1. The summed E-state index contributed by atoms with van der Waals surface area (Å²) in [6.45, 7) is 2.34. The summed E-state index contributed by atoms with van der Waals surface area (Å²) in [5, 5.41) is 0.0522. The highest BCUT2D eigenvalue weighted by Crippen LogP contribution is 2.59.